The number of carbonyl (C=O) groups is 1. The minimum atomic E-state index is -4.06. The molecule has 0 aliphatic rings. The highest BCUT2D eigenvalue weighted by atomic mass is 35.5. The highest BCUT2D eigenvalue weighted by molar-refractivity contribution is 7.90. The van der Waals surface area contributed by atoms with Crippen LogP contribution in [0.4, 0.5) is 4.79 Å². The number of aromatic nitrogens is 5. The number of hydrogen-bond donors (Lipinski definition) is 1. The van der Waals surface area contributed by atoms with E-state index in [4.69, 9.17) is 37.4 Å². The Morgan fingerprint density at radius 3 is 2.46 bits per heavy atom. The third-order valence-corrected chi connectivity index (χ3v) is 9.39. The van der Waals surface area contributed by atoms with Gasteiger partial charge in [-0.15, -0.1) is 0 Å². The zero-order valence-corrected chi connectivity index (χ0v) is 29.8. The van der Waals surface area contributed by atoms with Gasteiger partial charge in [-0.1, -0.05) is 41.4 Å². The Hall–Kier alpha value is -4.98. The van der Waals surface area contributed by atoms with Crippen molar-refractivity contribution in [2.75, 3.05) is 13.2 Å². The summed E-state index contributed by atoms with van der Waals surface area (Å²) in [6.07, 6.45) is 2.55. The lowest BCUT2D eigenvalue weighted by Gasteiger charge is -2.19. The maximum atomic E-state index is 13.8. The standard InChI is InChI=1S/C35H32Cl2N6O6S/c1-21-8-11-26(12-9-21)50(45,46)43-20-27(30-31(36)41-33(37)42-32(30)43)22-10-13-28-23(16-22)17-25(19-38-28)47-14-15-48-29-7-5-6-24(40-29)18-39-34(44)49-35(2,3)4/h5-13,16-17,19-20H,14-15,18H2,1-4H3,(H,39,44). The Balaban J connectivity index is 1.18. The number of rotatable bonds is 10. The van der Waals surface area contributed by atoms with Gasteiger partial charge in [0.25, 0.3) is 10.0 Å². The van der Waals surface area contributed by atoms with Gasteiger partial charge in [0, 0.05) is 23.2 Å². The molecule has 50 heavy (non-hydrogen) atoms. The Morgan fingerprint density at radius 2 is 1.70 bits per heavy atom. The van der Waals surface area contributed by atoms with Crippen LogP contribution in [0.15, 0.2) is 84.0 Å². The fourth-order valence-electron chi connectivity index (χ4n) is 5.03. The smallest absolute Gasteiger partial charge is 0.407 e. The number of hydrogen-bond acceptors (Lipinski definition) is 10. The quantitative estimate of drug-likeness (QED) is 0.0859. The molecule has 258 valence electrons. The number of pyridine rings is 2. The monoisotopic (exact) mass is 734 g/mol. The zero-order valence-electron chi connectivity index (χ0n) is 27.5. The maximum absolute atomic E-state index is 13.8. The van der Waals surface area contributed by atoms with Crippen LogP contribution in [-0.2, 0) is 21.3 Å². The number of ether oxygens (including phenoxy) is 3. The molecule has 0 spiro atoms. The molecule has 0 aliphatic heterocycles. The summed E-state index contributed by atoms with van der Waals surface area (Å²) in [7, 11) is -4.06. The molecule has 4 heterocycles. The minimum Gasteiger partial charge on any atom is -0.488 e. The van der Waals surface area contributed by atoms with E-state index in [1.165, 1.54) is 18.3 Å². The van der Waals surface area contributed by atoms with Crippen LogP contribution in [0.5, 0.6) is 11.6 Å². The summed E-state index contributed by atoms with van der Waals surface area (Å²) in [5.41, 5.74) is 2.83. The first-order chi connectivity index (χ1) is 23.8. The molecular formula is C35H32Cl2N6O6S. The van der Waals surface area contributed by atoms with Crippen LogP contribution in [0.3, 0.4) is 0 Å². The van der Waals surface area contributed by atoms with Gasteiger partial charge in [-0.05, 0) is 81.3 Å². The zero-order chi connectivity index (χ0) is 35.6. The van der Waals surface area contributed by atoms with Gasteiger partial charge in [0.1, 0.15) is 29.7 Å². The van der Waals surface area contributed by atoms with Crippen LogP contribution >= 0.6 is 23.2 Å². The molecule has 0 unspecified atom stereocenters. The number of carbonyl (C=O) groups excluding carboxylic acids is 1. The Morgan fingerprint density at radius 1 is 0.940 bits per heavy atom. The van der Waals surface area contributed by atoms with Crippen molar-refractivity contribution < 1.29 is 27.4 Å². The molecule has 0 atom stereocenters. The molecule has 6 rings (SSSR count). The average molecular weight is 736 g/mol. The number of halogens is 2. The number of alkyl carbamates (subject to hydrolysis) is 1. The van der Waals surface area contributed by atoms with Gasteiger partial charge < -0.3 is 19.5 Å². The SMILES string of the molecule is Cc1ccc(S(=O)(=O)n2cc(-c3ccc4ncc(OCCOc5cccc(CNC(=O)OC(C)(C)C)n5)cc4c3)c3c(Cl)nc(Cl)nc32)cc1. The summed E-state index contributed by atoms with van der Waals surface area (Å²) in [5.74, 6) is 0.880. The molecule has 0 saturated heterocycles. The van der Waals surface area contributed by atoms with Crippen molar-refractivity contribution in [3.63, 3.8) is 0 Å². The largest absolute Gasteiger partial charge is 0.488 e. The summed E-state index contributed by atoms with van der Waals surface area (Å²) in [6.45, 7) is 7.83. The molecule has 0 saturated carbocycles. The van der Waals surface area contributed by atoms with Crippen molar-refractivity contribution in [3.8, 4) is 22.8 Å². The molecule has 0 radical (unpaired) electrons. The number of aryl methyl sites for hydroxylation is 1. The molecule has 4 aromatic heterocycles. The molecule has 1 amide bonds. The highest BCUT2D eigenvalue weighted by Gasteiger charge is 2.25. The van der Waals surface area contributed by atoms with Crippen LogP contribution in [0, 0.1) is 6.92 Å². The lowest BCUT2D eigenvalue weighted by Crippen LogP contribution is -2.32. The Kier molecular flexibility index (Phi) is 9.83. The number of benzene rings is 2. The van der Waals surface area contributed by atoms with Gasteiger partial charge in [0.15, 0.2) is 5.65 Å². The molecule has 15 heteroatoms. The van der Waals surface area contributed by atoms with Crippen molar-refractivity contribution in [1.82, 2.24) is 29.2 Å². The summed E-state index contributed by atoms with van der Waals surface area (Å²) in [4.78, 5) is 29.3. The maximum Gasteiger partial charge on any atom is 0.407 e. The van der Waals surface area contributed by atoms with E-state index in [0.29, 0.717) is 39.4 Å². The highest BCUT2D eigenvalue weighted by Crippen LogP contribution is 2.37. The predicted molar refractivity (Wildman–Crippen MR) is 190 cm³/mol. The Bertz CT molecular complexity index is 2330. The summed E-state index contributed by atoms with van der Waals surface area (Å²) >= 11 is 12.7. The average Bonchev–Trinajstić information content (AvgIpc) is 3.46. The van der Waals surface area contributed by atoms with Gasteiger partial charge in [-0.2, -0.15) is 4.98 Å². The number of amides is 1. The van der Waals surface area contributed by atoms with E-state index in [1.807, 2.05) is 31.2 Å². The second-order valence-electron chi connectivity index (χ2n) is 12.2. The van der Waals surface area contributed by atoms with Gasteiger partial charge in [-0.3, -0.25) is 4.98 Å². The van der Waals surface area contributed by atoms with E-state index in [2.05, 4.69) is 25.3 Å². The first-order valence-corrected chi connectivity index (χ1v) is 17.6. The van der Waals surface area contributed by atoms with E-state index >= 15 is 0 Å². The van der Waals surface area contributed by atoms with Crippen molar-refractivity contribution >= 4 is 61.3 Å². The first-order valence-electron chi connectivity index (χ1n) is 15.4. The molecule has 6 aromatic rings. The van der Waals surface area contributed by atoms with Crippen molar-refractivity contribution in [2.24, 2.45) is 0 Å². The van der Waals surface area contributed by atoms with Gasteiger partial charge in [-0.25, -0.2) is 27.2 Å². The fourth-order valence-corrected chi connectivity index (χ4v) is 6.82. The molecule has 0 bridgehead atoms. The summed E-state index contributed by atoms with van der Waals surface area (Å²) < 4.78 is 45.5. The molecule has 0 aliphatic carbocycles. The minimum absolute atomic E-state index is 0.0162. The molecule has 1 N–H and O–H groups in total. The van der Waals surface area contributed by atoms with Crippen molar-refractivity contribution in [3.05, 3.63) is 101 Å². The molecule has 0 fully saturated rings. The number of nitrogens with one attached hydrogen (secondary N) is 1. The van der Waals surface area contributed by atoms with Crippen LogP contribution < -0.4 is 14.8 Å². The predicted octanol–water partition coefficient (Wildman–Crippen LogP) is 7.38. The van der Waals surface area contributed by atoms with E-state index in [1.54, 1.807) is 57.3 Å². The van der Waals surface area contributed by atoms with Crippen molar-refractivity contribution in [1.29, 1.82) is 0 Å². The van der Waals surface area contributed by atoms with Crippen LogP contribution in [-0.4, -0.2) is 57.2 Å². The molecular weight excluding hydrogens is 703 g/mol. The number of nitrogens with zero attached hydrogens (tertiary/aromatic N) is 5. The summed E-state index contributed by atoms with van der Waals surface area (Å²) in [5, 5.41) is 3.58. The Labute approximate surface area is 298 Å². The molecule has 2 aromatic carbocycles. The first kappa shape index (κ1) is 34.9. The van der Waals surface area contributed by atoms with Crippen LogP contribution in [0.2, 0.25) is 10.4 Å². The second kappa shape index (κ2) is 14.1. The van der Waals surface area contributed by atoms with E-state index in [0.717, 1.165) is 14.9 Å². The third-order valence-electron chi connectivity index (χ3n) is 7.28. The van der Waals surface area contributed by atoms with E-state index < -0.39 is 21.7 Å². The van der Waals surface area contributed by atoms with Crippen LogP contribution in [0.1, 0.15) is 32.0 Å². The lowest BCUT2D eigenvalue weighted by molar-refractivity contribution is 0.0522. The lowest BCUT2D eigenvalue weighted by atomic mass is 10.0. The fraction of sp³-hybridized carbons (Fsp3) is 0.229. The van der Waals surface area contributed by atoms with Gasteiger partial charge >= 0.3 is 6.09 Å². The van der Waals surface area contributed by atoms with Gasteiger partial charge in [0.2, 0.25) is 11.2 Å². The van der Waals surface area contributed by atoms with Crippen LogP contribution in [0.25, 0.3) is 33.1 Å². The second-order valence-corrected chi connectivity index (χ2v) is 14.7. The van der Waals surface area contributed by atoms with Crippen molar-refractivity contribution in [2.45, 2.75) is 44.7 Å². The normalized spacial score (nSPS) is 11.9. The third kappa shape index (κ3) is 7.91. The number of fused-ring (bicyclic) bond motifs is 2. The summed E-state index contributed by atoms with van der Waals surface area (Å²) in [6, 6.07) is 19.1. The topological polar surface area (TPSA) is 147 Å². The van der Waals surface area contributed by atoms with E-state index in [9.17, 15) is 13.2 Å². The van der Waals surface area contributed by atoms with E-state index in [-0.39, 0.29) is 40.7 Å². The molecule has 12 nitrogen and oxygen atoms in total. The van der Waals surface area contributed by atoms with Gasteiger partial charge in [0.05, 0.1) is 34.2 Å².